The SMILES string of the molecule is CN(c1ncc(Br)cc1Br)C(C)(C)CN. The molecule has 0 saturated carbocycles. The van der Waals surface area contributed by atoms with Gasteiger partial charge in [0.05, 0.1) is 4.47 Å². The number of hydrogen-bond acceptors (Lipinski definition) is 3. The summed E-state index contributed by atoms with van der Waals surface area (Å²) in [6.07, 6.45) is 1.78. The van der Waals surface area contributed by atoms with Crippen LogP contribution in [-0.4, -0.2) is 24.1 Å². The largest absolute Gasteiger partial charge is 0.352 e. The zero-order valence-electron chi connectivity index (χ0n) is 9.09. The molecule has 0 spiro atoms. The van der Waals surface area contributed by atoms with Gasteiger partial charge < -0.3 is 10.6 Å². The highest BCUT2D eigenvalue weighted by molar-refractivity contribution is 9.11. The summed E-state index contributed by atoms with van der Waals surface area (Å²) < 4.78 is 1.91. The van der Waals surface area contributed by atoms with Gasteiger partial charge in [0, 0.05) is 29.8 Å². The van der Waals surface area contributed by atoms with E-state index in [0.717, 1.165) is 14.8 Å². The van der Waals surface area contributed by atoms with E-state index in [4.69, 9.17) is 5.73 Å². The molecule has 0 amide bonds. The van der Waals surface area contributed by atoms with Gasteiger partial charge in [0.2, 0.25) is 0 Å². The first-order valence-electron chi connectivity index (χ1n) is 4.63. The lowest BCUT2D eigenvalue weighted by molar-refractivity contribution is 0.494. The number of pyridine rings is 1. The molecule has 0 aliphatic heterocycles. The van der Waals surface area contributed by atoms with Crippen molar-refractivity contribution in [1.29, 1.82) is 0 Å². The van der Waals surface area contributed by atoms with E-state index in [1.807, 2.05) is 13.1 Å². The molecule has 0 atom stereocenters. The number of nitrogens with two attached hydrogens (primary N) is 1. The summed E-state index contributed by atoms with van der Waals surface area (Å²) in [5.41, 5.74) is 5.62. The summed E-state index contributed by atoms with van der Waals surface area (Å²) in [5.74, 6) is 0.897. The van der Waals surface area contributed by atoms with E-state index in [2.05, 4.69) is 55.6 Å². The molecule has 0 unspecified atom stereocenters. The molecule has 15 heavy (non-hydrogen) atoms. The lowest BCUT2D eigenvalue weighted by Crippen LogP contribution is -2.47. The topological polar surface area (TPSA) is 42.2 Å². The minimum Gasteiger partial charge on any atom is -0.352 e. The van der Waals surface area contributed by atoms with Crippen molar-refractivity contribution in [1.82, 2.24) is 4.98 Å². The third-order valence-corrected chi connectivity index (χ3v) is 3.53. The van der Waals surface area contributed by atoms with E-state index in [1.54, 1.807) is 6.20 Å². The van der Waals surface area contributed by atoms with Gasteiger partial charge in [-0.05, 0) is 51.8 Å². The Bertz CT molecular complexity index is 353. The van der Waals surface area contributed by atoms with Crippen LogP contribution in [0.2, 0.25) is 0 Å². The molecule has 0 fully saturated rings. The van der Waals surface area contributed by atoms with Gasteiger partial charge in [-0.25, -0.2) is 4.98 Å². The van der Waals surface area contributed by atoms with Crippen LogP contribution in [0.5, 0.6) is 0 Å². The van der Waals surface area contributed by atoms with Crippen LogP contribution in [-0.2, 0) is 0 Å². The molecule has 3 nitrogen and oxygen atoms in total. The number of likely N-dealkylation sites (N-methyl/N-ethyl adjacent to an activating group) is 1. The second-order valence-corrected chi connectivity index (χ2v) is 5.80. The zero-order chi connectivity index (χ0) is 11.6. The summed E-state index contributed by atoms with van der Waals surface area (Å²) in [5, 5.41) is 0. The zero-order valence-corrected chi connectivity index (χ0v) is 12.3. The van der Waals surface area contributed by atoms with Gasteiger partial charge in [0.25, 0.3) is 0 Å². The fraction of sp³-hybridized carbons (Fsp3) is 0.500. The highest BCUT2D eigenvalue weighted by atomic mass is 79.9. The molecular weight excluding hydrogens is 322 g/mol. The van der Waals surface area contributed by atoms with Crippen molar-refractivity contribution in [2.24, 2.45) is 5.73 Å². The second kappa shape index (κ2) is 4.80. The number of halogens is 2. The maximum Gasteiger partial charge on any atom is 0.143 e. The first-order valence-corrected chi connectivity index (χ1v) is 6.22. The average Bonchev–Trinajstić information content (AvgIpc) is 2.17. The molecule has 2 N–H and O–H groups in total. The predicted molar refractivity (Wildman–Crippen MR) is 71.2 cm³/mol. The van der Waals surface area contributed by atoms with Crippen molar-refractivity contribution in [2.75, 3.05) is 18.5 Å². The fourth-order valence-corrected chi connectivity index (χ4v) is 2.33. The number of aromatic nitrogens is 1. The normalized spacial score (nSPS) is 11.6. The maximum absolute atomic E-state index is 5.73. The third kappa shape index (κ3) is 2.92. The molecule has 0 aliphatic carbocycles. The molecule has 0 bridgehead atoms. The number of nitrogens with zero attached hydrogens (tertiary/aromatic N) is 2. The van der Waals surface area contributed by atoms with Crippen molar-refractivity contribution in [2.45, 2.75) is 19.4 Å². The molecule has 1 heterocycles. The number of hydrogen-bond donors (Lipinski definition) is 1. The first-order chi connectivity index (χ1) is 6.88. The van der Waals surface area contributed by atoms with Gasteiger partial charge in [-0.15, -0.1) is 0 Å². The molecule has 1 aromatic rings. The summed E-state index contributed by atoms with van der Waals surface area (Å²) in [6.45, 7) is 4.75. The van der Waals surface area contributed by atoms with E-state index in [9.17, 15) is 0 Å². The van der Waals surface area contributed by atoms with E-state index < -0.39 is 0 Å². The van der Waals surface area contributed by atoms with Crippen molar-refractivity contribution >= 4 is 37.7 Å². The Labute approximate surface area is 107 Å². The Morgan fingerprint density at radius 1 is 1.47 bits per heavy atom. The molecule has 0 saturated heterocycles. The molecule has 1 aromatic heterocycles. The van der Waals surface area contributed by atoms with Crippen molar-refractivity contribution < 1.29 is 0 Å². The Morgan fingerprint density at radius 3 is 2.53 bits per heavy atom. The Balaban J connectivity index is 3.06. The van der Waals surface area contributed by atoms with Gasteiger partial charge in [0.1, 0.15) is 5.82 Å². The molecular formula is C10H15Br2N3. The monoisotopic (exact) mass is 335 g/mol. The molecule has 0 aromatic carbocycles. The van der Waals surface area contributed by atoms with Crippen LogP contribution in [0.1, 0.15) is 13.8 Å². The number of rotatable bonds is 3. The van der Waals surface area contributed by atoms with Crippen LogP contribution in [0.25, 0.3) is 0 Å². The Kier molecular flexibility index (Phi) is 4.14. The number of anilines is 1. The Hall–Kier alpha value is -0.130. The summed E-state index contributed by atoms with van der Waals surface area (Å²) >= 11 is 6.87. The Morgan fingerprint density at radius 2 is 2.07 bits per heavy atom. The third-order valence-electron chi connectivity index (χ3n) is 2.51. The van der Waals surface area contributed by atoms with Gasteiger partial charge in [-0.1, -0.05) is 0 Å². The van der Waals surface area contributed by atoms with Crippen LogP contribution < -0.4 is 10.6 Å². The van der Waals surface area contributed by atoms with Crippen LogP contribution in [0.15, 0.2) is 21.2 Å². The van der Waals surface area contributed by atoms with E-state index in [0.29, 0.717) is 6.54 Å². The molecule has 0 radical (unpaired) electrons. The summed E-state index contributed by atoms with van der Waals surface area (Å²) in [4.78, 5) is 6.44. The minimum atomic E-state index is -0.108. The van der Waals surface area contributed by atoms with Gasteiger partial charge >= 0.3 is 0 Å². The van der Waals surface area contributed by atoms with Crippen LogP contribution in [0.3, 0.4) is 0 Å². The molecule has 5 heteroatoms. The maximum atomic E-state index is 5.73. The summed E-state index contributed by atoms with van der Waals surface area (Å²) in [7, 11) is 1.99. The van der Waals surface area contributed by atoms with Crippen LogP contribution in [0.4, 0.5) is 5.82 Å². The average molecular weight is 337 g/mol. The van der Waals surface area contributed by atoms with Gasteiger partial charge in [0.15, 0.2) is 0 Å². The summed E-state index contributed by atoms with van der Waals surface area (Å²) in [6, 6.07) is 1.98. The van der Waals surface area contributed by atoms with Crippen LogP contribution >= 0.6 is 31.9 Å². The van der Waals surface area contributed by atoms with Crippen molar-refractivity contribution in [3.63, 3.8) is 0 Å². The smallest absolute Gasteiger partial charge is 0.143 e. The van der Waals surface area contributed by atoms with Gasteiger partial charge in [-0.3, -0.25) is 0 Å². The van der Waals surface area contributed by atoms with E-state index in [-0.39, 0.29) is 5.54 Å². The molecule has 1 rings (SSSR count). The highest BCUT2D eigenvalue weighted by Gasteiger charge is 2.24. The predicted octanol–water partition coefficient (Wildman–Crippen LogP) is 2.78. The van der Waals surface area contributed by atoms with Crippen LogP contribution in [0, 0.1) is 0 Å². The molecule has 84 valence electrons. The second-order valence-electron chi connectivity index (χ2n) is 4.03. The van der Waals surface area contributed by atoms with Crippen molar-refractivity contribution in [3.8, 4) is 0 Å². The standard InChI is InChI=1S/C10H15Br2N3/c1-10(2,6-13)15(3)9-8(12)4-7(11)5-14-9/h4-5H,6,13H2,1-3H3. The minimum absolute atomic E-state index is 0.108. The first kappa shape index (κ1) is 12.9. The quantitative estimate of drug-likeness (QED) is 0.922. The lowest BCUT2D eigenvalue weighted by Gasteiger charge is -2.36. The molecule has 0 aliphatic rings. The lowest BCUT2D eigenvalue weighted by atomic mass is 10.0. The highest BCUT2D eigenvalue weighted by Crippen LogP contribution is 2.29. The van der Waals surface area contributed by atoms with E-state index >= 15 is 0 Å². The van der Waals surface area contributed by atoms with Crippen molar-refractivity contribution in [3.05, 3.63) is 21.2 Å². The van der Waals surface area contributed by atoms with Gasteiger partial charge in [-0.2, -0.15) is 0 Å². The fourth-order valence-electron chi connectivity index (χ4n) is 1.08. The van der Waals surface area contributed by atoms with E-state index in [1.165, 1.54) is 0 Å².